The highest BCUT2D eigenvalue weighted by Gasteiger charge is 2.41. The Labute approximate surface area is 101 Å². The van der Waals surface area contributed by atoms with Gasteiger partial charge in [-0.15, -0.1) is 0 Å². The van der Waals surface area contributed by atoms with Crippen LogP contribution in [0.25, 0.3) is 0 Å². The lowest BCUT2D eigenvalue weighted by molar-refractivity contribution is 0.1000. The van der Waals surface area contributed by atoms with Gasteiger partial charge >= 0.3 is 0 Å². The summed E-state index contributed by atoms with van der Waals surface area (Å²) in [5.41, 5.74) is 6.90. The minimum Gasteiger partial charge on any atom is -0.396 e. The van der Waals surface area contributed by atoms with Crippen molar-refractivity contribution in [3.8, 4) is 0 Å². The maximum Gasteiger partial charge on any atom is 0.248 e. The van der Waals surface area contributed by atoms with Gasteiger partial charge in [0.2, 0.25) is 5.91 Å². The van der Waals surface area contributed by atoms with Crippen molar-refractivity contribution in [1.82, 2.24) is 5.32 Å². The summed E-state index contributed by atoms with van der Waals surface area (Å²) < 4.78 is 0. The molecule has 4 nitrogen and oxygen atoms in total. The first-order valence-corrected chi connectivity index (χ1v) is 5.86. The van der Waals surface area contributed by atoms with Crippen molar-refractivity contribution in [1.29, 1.82) is 0 Å². The number of aliphatic hydroxyl groups excluding tert-OH is 1. The highest BCUT2D eigenvalue weighted by Crippen LogP contribution is 2.44. The molecule has 92 valence electrons. The van der Waals surface area contributed by atoms with E-state index in [9.17, 15) is 4.79 Å². The van der Waals surface area contributed by atoms with E-state index in [1.165, 1.54) is 0 Å². The minimum atomic E-state index is -0.402. The molecule has 1 aliphatic carbocycles. The van der Waals surface area contributed by atoms with Crippen LogP contribution in [0, 0.1) is 5.41 Å². The van der Waals surface area contributed by atoms with E-state index in [0.717, 1.165) is 24.9 Å². The van der Waals surface area contributed by atoms with Crippen LogP contribution in [0.2, 0.25) is 0 Å². The predicted molar refractivity (Wildman–Crippen MR) is 65.4 cm³/mol. The molecule has 0 spiro atoms. The van der Waals surface area contributed by atoms with E-state index in [0.29, 0.717) is 12.1 Å². The Morgan fingerprint density at radius 1 is 1.47 bits per heavy atom. The molecule has 0 radical (unpaired) electrons. The fourth-order valence-corrected chi connectivity index (χ4v) is 1.87. The first kappa shape index (κ1) is 12.1. The molecule has 0 unspecified atom stereocenters. The van der Waals surface area contributed by atoms with Crippen LogP contribution in [-0.2, 0) is 6.54 Å². The molecule has 0 heterocycles. The van der Waals surface area contributed by atoms with Crippen molar-refractivity contribution >= 4 is 5.91 Å². The third kappa shape index (κ3) is 3.05. The summed E-state index contributed by atoms with van der Waals surface area (Å²) in [6.07, 6.45) is 2.19. The van der Waals surface area contributed by atoms with Crippen molar-refractivity contribution < 1.29 is 9.90 Å². The van der Waals surface area contributed by atoms with Gasteiger partial charge < -0.3 is 16.2 Å². The number of carbonyl (C=O) groups is 1. The predicted octanol–water partition coefficient (Wildman–Crippen LogP) is 0.648. The molecule has 0 bridgehead atoms. The highest BCUT2D eigenvalue weighted by atomic mass is 16.3. The largest absolute Gasteiger partial charge is 0.396 e. The molecule has 1 aliphatic rings. The molecule has 4 heteroatoms. The third-order valence-corrected chi connectivity index (χ3v) is 3.33. The zero-order valence-corrected chi connectivity index (χ0v) is 9.78. The van der Waals surface area contributed by atoms with Crippen LogP contribution in [0.15, 0.2) is 24.3 Å². The van der Waals surface area contributed by atoms with Gasteiger partial charge in [-0.1, -0.05) is 12.1 Å². The van der Waals surface area contributed by atoms with Crippen LogP contribution < -0.4 is 11.1 Å². The van der Waals surface area contributed by atoms with E-state index in [1.54, 1.807) is 12.1 Å². The molecule has 1 aromatic rings. The van der Waals surface area contributed by atoms with Gasteiger partial charge in [-0.25, -0.2) is 0 Å². The summed E-state index contributed by atoms with van der Waals surface area (Å²) in [4.78, 5) is 11.0. The Morgan fingerprint density at radius 3 is 2.82 bits per heavy atom. The summed E-state index contributed by atoms with van der Waals surface area (Å²) in [7, 11) is 0. The molecule has 0 aliphatic heterocycles. The number of amides is 1. The molecule has 1 saturated carbocycles. The van der Waals surface area contributed by atoms with E-state index < -0.39 is 5.91 Å². The molecule has 1 amide bonds. The fraction of sp³-hybridized carbons (Fsp3) is 0.462. The third-order valence-electron chi connectivity index (χ3n) is 3.33. The Kier molecular flexibility index (Phi) is 3.45. The summed E-state index contributed by atoms with van der Waals surface area (Å²) >= 11 is 0. The first-order chi connectivity index (χ1) is 8.15. The monoisotopic (exact) mass is 234 g/mol. The van der Waals surface area contributed by atoms with Crippen molar-refractivity contribution in [3.63, 3.8) is 0 Å². The van der Waals surface area contributed by atoms with Crippen molar-refractivity contribution in [2.24, 2.45) is 11.1 Å². The van der Waals surface area contributed by atoms with E-state index in [1.807, 2.05) is 12.1 Å². The molecule has 0 aromatic heterocycles. The van der Waals surface area contributed by atoms with Crippen LogP contribution >= 0.6 is 0 Å². The van der Waals surface area contributed by atoms with E-state index in [-0.39, 0.29) is 12.0 Å². The molecule has 4 N–H and O–H groups in total. The lowest BCUT2D eigenvalue weighted by atomic mass is 10.1. The van der Waals surface area contributed by atoms with Gasteiger partial charge in [0.25, 0.3) is 0 Å². The summed E-state index contributed by atoms with van der Waals surface area (Å²) in [5, 5.41) is 12.5. The van der Waals surface area contributed by atoms with E-state index in [4.69, 9.17) is 10.8 Å². The number of nitrogens with two attached hydrogens (primary N) is 1. The van der Waals surface area contributed by atoms with E-state index in [2.05, 4.69) is 5.32 Å². The number of benzene rings is 1. The van der Waals surface area contributed by atoms with Crippen LogP contribution in [-0.4, -0.2) is 24.2 Å². The summed E-state index contributed by atoms with van der Waals surface area (Å²) in [5.74, 6) is -0.402. The van der Waals surface area contributed by atoms with Gasteiger partial charge in [0.15, 0.2) is 0 Å². The molecule has 17 heavy (non-hydrogen) atoms. The van der Waals surface area contributed by atoms with Gasteiger partial charge in [0, 0.05) is 30.7 Å². The number of rotatable bonds is 6. The van der Waals surface area contributed by atoms with Gasteiger partial charge in [-0.2, -0.15) is 0 Å². The van der Waals surface area contributed by atoms with Crippen LogP contribution in [0.5, 0.6) is 0 Å². The molecule has 1 fully saturated rings. The minimum absolute atomic E-state index is 0.112. The zero-order chi connectivity index (χ0) is 12.3. The smallest absolute Gasteiger partial charge is 0.248 e. The first-order valence-electron chi connectivity index (χ1n) is 5.86. The van der Waals surface area contributed by atoms with Crippen molar-refractivity contribution in [2.75, 3.05) is 13.2 Å². The topological polar surface area (TPSA) is 75.4 Å². The molecule has 1 aromatic carbocycles. The number of carbonyl (C=O) groups excluding carboxylic acids is 1. The fourth-order valence-electron chi connectivity index (χ4n) is 1.87. The summed E-state index contributed by atoms with van der Waals surface area (Å²) in [6, 6.07) is 7.30. The lowest BCUT2D eigenvalue weighted by Gasteiger charge is -2.12. The average molecular weight is 234 g/mol. The van der Waals surface area contributed by atoms with Crippen molar-refractivity contribution in [2.45, 2.75) is 19.4 Å². The normalized spacial score (nSPS) is 16.8. The van der Waals surface area contributed by atoms with Crippen LogP contribution in [0.4, 0.5) is 0 Å². The Balaban J connectivity index is 1.86. The zero-order valence-electron chi connectivity index (χ0n) is 9.78. The van der Waals surface area contributed by atoms with Crippen LogP contribution in [0.1, 0.15) is 28.8 Å². The SMILES string of the molecule is NC(=O)c1cccc(CNCC2(CO)CC2)c1. The number of aliphatic hydroxyl groups is 1. The number of primary amides is 1. The molecule has 0 atom stereocenters. The van der Waals surface area contributed by atoms with E-state index >= 15 is 0 Å². The molecular weight excluding hydrogens is 216 g/mol. The molecule has 0 saturated heterocycles. The number of hydrogen-bond donors (Lipinski definition) is 3. The Morgan fingerprint density at radius 2 is 2.24 bits per heavy atom. The van der Waals surface area contributed by atoms with Gasteiger partial charge in [-0.3, -0.25) is 4.79 Å². The second-order valence-corrected chi connectivity index (χ2v) is 4.83. The molecular formula is C13H18N2O2. The maximum atomic E-state index is 11.0. The lowest BCUT2D eigenvalue weighted by Crippen LogP contribution is -2.26. The second-order valence-electron chi connectivity index (χ2n) is 4.83. The molecule has 2 rings (SSSR count). The average Bonchev–Trinajstić information content (AvgIpc) is 3.10. The van der Waals surface area contributed by atoms with Gasteiger partial charge in [-0.05, 0) is 30.5 Å². The van der Waals surface area contributed by atoms with Crippen LogP contribution in [0.3, 0.4) is 0 Å². The number of nitrogens with one attached hydrogen (secondary N) is 1. The highest BCUT2D eigenvalue weighted by molar-refractivity contribution is 5.92. The van der Waals surface area contributed by atoms with Gasteiger partial charge in [0.1, 0.15) is 0 Å². The Bertz CT molecular complexity index is 414. The maximum absolute atomic E-state index is 11.0. The van der Waals surface area contributed by atoms with Crippen molar-refractivity contribution in [3.05, 3.63) is 35.4 Å². The summed E-state index contributed by atoms with van der Waals surface area (Å²) in [6.45, 7) is 1.77. The standard InChI is InChI=1S/C13H18N2O2/c14-12(17)11-3-1-2-10(6-11)7-15-8-13(9-16)4-5-13/h1-3,6,15-16H,4-5,7-9H2,(H2,14,17). The second kappa shape index (κ2) is 4.85. The van der Waals surface area contributed by atoms with Gasteiger partial charge in [0.05, 0.1) is 0 Å². The number of hydrogen-bond acceptors (Lipinski definition) is 3. The quantitative estimate of drug-likeness (QED) is 0.676. The Hall–Kier alpha value is -1.39.